The first-order chi connectivity index (χ1) is 14.0. The standard InChI is InChI=1S/C22H33ClN2O4/c1-4-5-13-25(20(26)15-23)21(22(27)24-17-9-7-6-8-10-17)16-11-12-18(28-2)19(14-16)29-3/h11-12,14,17,21H,4-10,13,15H2,1-3H3,(H,24,27). The zero-order valence-electron chi connectivity index (χ0n) is 17.7. The van der Waals surface area contributed by atoms with Crippen LogP contribution < -0.4 is 14.8 Å². The summed E-state index contributed by atoms with van der Waals surface area (Å²) in [6, 6.07) is 4.74. The Bertz CT molecular complexity index is 677. The van der Waals surface area contributed by atoms with Crippen LogP contribution in [0.5, 0.6) is 11.5 Å². The number of nitrogens with one attached hydrogen (secondary N) is 1. The smallest absolute Gasteiger partial charge is 0.247 e. The molecule has 1 aliphatic rings. The number of unbranched alkanes of at least 4 members (excludes halogenated alkanes) is 1. The van der Waals surface area contributed by atoms with Crippen LogP contribution in [-0.4, -0.2) is 49.4 Å². The van der Waals surface area contributed by atoms with Crippen LogP contribution in [0.25, 0.3) is 0 Å². The Labute approximate surface area is 178 Å². The highest BCUT2D eigenvalue weighted by molar-refractivity contribution is 6.27. The minimum absolute atomic E-state index is 0.151. The number of benzene rings is 1. The van der Waals surface area contributed by atoms with Crippen LogP contribution in [0.15, 0.2) is 18.2 Å². The van der Waals surface area contributed by atoms with Crippen molar-refractivity contribution in [1.82, 2.24) is 10.2 Å². The second kappa shape index (κ2) is 11.9. The number of hydrogen-bond acceptors (Lipinski definition) is 4. The Morgan fingerprint density at radius 2 is 1.86 bits per heavy atom. The maximum atomic E-state index is 13.4. The van der Waals surface area contributed by atoms with Gasteiger partial charge in [-0.25, -0.2) is 0 Å². The highest BCUT2D eigenvalue weighted by Gasteiger charge is 2.32. The lowest BCUT2D eigenvalue weighted by molar-refractivity contribution is -0.139. The van der Waals surface area contributed by atoms with Crippen molar-refractivity contribution in [2.75, 3.05) is 26.6 Å². The van der Waals surface area contributed by atoms with Crippen molar-refractivity contribution < 1.29 is 19.1 Å². The van der Waals surface area contributed by atoms with Crippen molar-refractivity contribution in [3.05, 3.63) is 23.8 Å². The first kappa shape index (κ1) is 23.3. The van der Waals surface area contributed by atoms with Gasteiger partial charge in [0.15, 0.2) is 11.5 Å². The van der Waals surface area contributed by atoms with E-state index in [-0.39, 0.29) is 23.7 Å². The zero-order valence-corrected chi connectivity index (χ0v) is 18.5. The SMILES string of the molecule is CCCCN(C(=O)CCl)C(C(=O)NC1CCCCC1)c1ccc(OC)c(OC)c1. The summed E-state index contributed by atoms with van der Waals surface area (Å²) in [7, 11) is 3.12. The van der Waals surface area contributed by atoms with Gasteiger partial charge in [-0.2, -0.15) is 0 Å². The van der Waals surface area contributed by atoms with Crippen LogP contribution in [-0.2, 0) is 9.59 Å². The molecule has 6 nitrogen and oxygen atoms in total. The largest absolute Gasteiger partial charge is 0.493 e. The molecule has 0 aromatic heterocycles. The lowest BCUT2D eigenvalue weighted by Crippen LogP contribution is -2.47. The first-order valence-corrected chi connectivity index (χ1v) is 11.0. The molecule has 1 fully saturated rings. The number of ether oxygens (including phenoxy) is 2. The molecule has 0 saturated heterocycles. The van der Waals surface area contributed by atoms with E-state index < -0.39 is 6.04 Å². The third-order valence-electron chi connectivity index (χ3n) is 5.42. The monoisotopic (exact) mass is 424 g/mol. The van der Waals surface area contributed by atoms with Gasteiger partial charge in [0.1, 0.15) is 11.9 Å². The van der Waals surface area contributed by atoms with Crippen molar-refractivity contribution in [3.8, 4) is 11.5 Å². The van der Waals surface area contributed by atoms with E-state index in [2.05, 4.69) is 12.2 Å². The summed E-state index contributed by atoms with van der Waals surface area (Å²) in [6.45, 7) is 2.52. The molecule has 29 heavy (non-hydrogen) atoms. The van der Waals surface area contributed by atoms with Gasteiger partial charge >= 0.3 is 0 Å². The molecule has 1 unspecified atom stereocenters. The van der Waals surface area contributed by atoms with Gasteiger partial charge in [-0.3, -0.25) is 9.59 Å². The highest BCUT2D eigenvalue weighted by Crippen LogP contribution is 2.33. The van der Waals surface area contributed by atoms with Gasteiger partial charge in [0.05, 0.1) is 14.2 Å². The molecule has 7 heteroatoms. The molecule has 0 heterocycles. The van der Waals surface area contributed by atoms with Crippen LogP contribution >= 0.6 is 11.6 Å². The number of carbonyl (C=O) groups excluding carboxylic acids is 2. The van der Waals surface area contributed by atoms with Crippen molar-refractivity contribution in [1.29, 1.82) is 0 Å². The minimum atomic E-state index is -0.755. The number of amides is 2. The number of alkyl halides is 1. The molecular weight excluding hydrogens is 392 g/mol. The lowest BCUT2D eigenvalue weighted by atomic mass is 9.94. The maximum absolute atomic E-state index is 13.4. The number of nitrogens with zero attached hydrogens (tertiary/aromatic N) is 1. The number of hydrogen-bond donors (Lipinski definition) is 1. The van der Waals surface area contributed by atoms with Gasteiger partial charge < -0.3 is 19.7 Å². The molecule has 2 amide bonds. The topological polar surface area (TPSA) is 67.9 Å². The normalized spacial score (nSPS) is 15.4. The molecule has 0 aliphatic heterocycles. The Hall–Kier alpha value is -1.95. The average molecular weight is 425 g/mol. The van der Waals surface area contributed by atoms with Crippen LogP contribution in [0, 0.1) is 0 Å². The van der Waals surface area contributed by atoms with Gasteiger partial charge in [-0.15, -0.1) is 11.6 Å². The highest BCUT2D eigenvalue weighted by atomic mass is 35.5. The lowest BCUT2D eigenvalue weighted by Gasteiger charge is -2.33. The Morgan fingerprint density at radius 3 is 2.45 bits per heavy atom. The van der Waals surface area contributed by atoms with E-state index in [0.717, 1.165) is 38.5 Å². The third kappa shape index (κ3) is 6.26. The molecule has 1 saturated carbocycles. The molecule has 0 spiro atoms. The van der Waals surface area contributed by atoms with Gasteiger partial charge in [0, 0.05) is 12.6 Å². The molecule has 1 aromatic rings. The predicted octanol–water partition coefficient (Wildman–Crippen LogP) is 4.06. The third-order valence-corrected chi connectivity index (χ3v) is 5.65. The second-order valence-electron chi connectivity index (χ2n) is 7.43. The summed E-state index contributed by atoms with van der Waals surface area (Å²) in [6.07, 6.45) is 7.10. The zero-order chi connectivity index (χ0) is 21.2. The van der Waals surface area contributed by atoms with Gasteiger partial charge in [0.2, 0.25) is 11.8 Å². The fourth-order valence-electron chi connectivity index (χ4n) is 3.83. The maximum Gasteiger partial charge on any atom is 0.247 e. The molecule has 0 radical (unpaired) electrons. The summed E-state index contributed by atoms with van der Waals surface area (Å²) in [5, 5.41) is 3.17. The average Bonchev–Trinajstić information content (AvgIpc) is 2.76. The number of methoxy groups -OCH3 is 2. The molecule has 1 N–H and O–H groups in total. The van der Waals surface area contributed by atoms with Gasteiger partial charge in [-0.1, -0.05) is 38.7 Å². The Kier molecular flexibility index (Phi) is 9.58. The van der Waals surface area contributed by atoms with Crippen LogP contribution in [0.3, 0.4) is 0 Å². The fourth-order valence-corrected chi connectivity index (χ4v) is 3.98. The number of halogens is 1. The van der Waals surface area contributed by atoms with E-state index in [0.29, 0.717) is 23.6 Å². The minimum Gasteiger partial charge on any atom is -0.493 e. The van der Waals surface area contributed by atoms with Crippen molar-refractivity contribution in [2.24, 2.45) is 0 Å². The summed E-state index contributed by atoms with van der Waals surface area (Å²) in [5.74, 6) is 0.516. The molecule has 1 aromatic carbocycles. The van der Waals surface area contributed by atoms with E-state index in [1.165, 1.54) is 6.42 Å². The Morgan fingerprint density at radius 1 is 1.17 bits per heavy atom. The van der Waals surface area contributed by atoms with Crippen LogP contribution in [0.2, 0.25) is 0 Å². The van der Waals surface area contributed by atoms with E-state index in [9.17, 15) is 9.59 Å². The molecular formula is C22H33ClN2O4. The van der Waals surface area contributed by atoms with Crippen molar-refractivity contribution >= 4 is 23.4 Å². The van der Waals surface area contributed by atoms with Crippen LogP contribution in [0.1, 0.15) is 63.5 Å². The summed E-state index contributed by atoms with van der Waals surface area (Å²) in [4.78, 5) is 27.6. The molecule has 0 bridgehead atoms. The van der Waals surface area contributed by atoms with E-state index in [4.69, 9.17) is 21.1 Å². The van der Waals surface area contributed by atoms with Crippen molar-refractivity contribution in [2.45, 2.75) is 64.0 Å². The van der Waals surface area contributed by atoms with Gasteiger partial charge in [-0.05, 0) is 37.0 Å². The van der Waals surface area contributed by atoms with E-state index in [1.807, 2.05) is 6.07 Å². The molecule has 2 rings (SSSR count). The summed E-state index contributed by atoms with van der Waals surface area (Å²) in [5.41, 5.74) is 0.686. The van der Waals surface area contributed by atoms with Gasteiger partial charge in [0.25, 0.3) is 0 Å². The molecule has 162 valence electrons. The molecule has 1 atom stereocenters. The summed E-state index contributed by atoms with van der Waals surface area (Å²) >= 11 is 5.89. The quantitative estimate of drug-likeness (QED) is 0.575. The fraction of sp³-hybridized carbons (Fsp3) is 0.636. The number of carbonyl (C=O) groups is 2. The van der Waals surface area contributed by atoms with Crippen LogP contribution in [0.4, 0.5) is 0 Å². The first-order valence-electron chi connectivity index (χ1n) is 10.4. The van der Waals surface area contributed by atoms with Crippen molar-refractivity contribution in [3.63, 3.8) is 0 Å². The van der Waals surface area contributed by atoms with E-state index in [1.54, 1.807) is 31.3 Å². The summed E-state index contributed by atoms with van der Waals surface area (Å²) < 4.78 is 10.7. The number of rotatable bonds is 10. The van der Waals surface area contributed by atoms with E-state index >= 15 is 0 Å². The predicted molar refractivity (Wildman–Crippen MR) is 115 cm³/mol. The second-order valence-corrected chi connectivity index (χ2v) is 7.70. The Balaban J connectivity index is 2.39. The molecule has 1 aliphatic carbocycles.